The fraction of sp³-hybridized carbons (Fsp3) is 0.231. The van der Waals surface area contributed by atoms with E-state index in [-0.39, 0.29) is 24.8 Å². The van der Waals surface area contributed by atoms with Crippen LogP contribution in [0.2, 0.25) is 0 Å². The Kier molecular flexibility index (Phi) is 7.55. The van der Waals surface area contributed by atoms with Crippen molar-refractivity contribution in [3.63, 3.8) is 0 Å². The zero-order valence-electron chi connectivity index (χ0n) is 17.6. The molecule has 0 heterocycles. The maximum atomic E-state index is 14.2. The molecule has 160 valence electrons. The summed E-state index contributed by atoms with van der Waals surface area (Å²) in [5, 5.41) is 0. The second-order valence-corrected chi connectivity index (χ2v) is 7.72. The minimum absolute atomic E-state index is 0.0164. The van der Waals surface area contributed by atoms with E-state index in [1.165, 1.54) is 11.0 Å². The Balaban J connectivity index is 0.000000391. The van der Waals surface area contributed by atoms with Gasteiger partial charge in [-0.25, -0.2) is 4.39 Å². The predicted octanol–water partition coefficient (Wildman–Crippen LogP) is 4.83. The van der Waals surface area contributed by atoms with Gasteiger partial charge < -0.3 is 10.6 Å². The van der Waals surface area contributed by atoms with Gasteiger partial charge in [-0.3, -0.25) is 9.59 Å². The number of nitrogens with two attached hydrogens (primary N) is 1. The van der Waals surface area contributed by atoms with Crippen molar-refractivity contribution in [2.75, 3.05) is 6.54 Å². The molecule has 1 aliphatic rings. The molecule has 5 heteroatoms. The SMILES string of the molecule is Cc1ccccc1C(=O)N(CC(N)=O)Cc1cc(C2CC2)ccc1F.c1ccccc1. The third-order valence-electron chi connectivity index (χ3n) is 5.16. The number of amides is 2. The Labute approximate surface area is 182 Å². The van der Waals surface area contributed by atoms with Crippen LogP contribution >= 0.6 is 0 Å². The van der Waals surface area contributed by atoms with Crippen molar-refractivity contribution in [2.24, 2.45) is 5.73 Å². The van der Waals surface area contributed by atoms with E-state index in [0.29, 0.717) is 17.0 Å². The third kappa shape index (κ3) is 6.51. The highest BCUT2D eigenvalue weighted by Gasteiger charge is 2.25. The second-order valence-electron chi connectivity index (χ2n) is 7.72. The number of hydrogen-bond acceptors (Lipinski definition) is 2. The smallest absolute Gasteiger partial charge is 0.254 e. The van der Waals surface area contributed by atoms with E-state index in [9.17, 15) is 14.0 Å². The summed E-state index contributed by atoms with van der Waals surface area (Å²) in [6.07, 6.45) is 2.22. The first-order valence-corrected chi connectivity index (χ1v) is 10.4. The van der Waals surface area contributed by atoms with Gasteiger partial charge in [-0.05, 0) is 48.9 Å². The molecule has 31 heavy (non-hydrogen) atoms. The zero-order chi connectivity index (χ0) is 22.2. The molecular formula is C26H27FN2O2. The lowest BCUT2D eigenvalue weighted by atomic mass is 10.0. The number of carbonyl (C=O) groups excluding carboxylic acids is 2. The lowest BCUT2D eigenvalue weighted by molar-refractivity contribution is -0.118. The Morgan fingerprint density at radius 3 is 2.13 bits per heavy atom. The molecule has 0 unspecified atom stereocenters. The van der Waals surface area contributed by atoms with E-state index in [1.54, 1.807) is 24.3 Å². The summed E-state index contributed by atoms with van der Waals surface area (Å²) in [5.74, 6) is -0.846. The fourth-order valence-electron chi connectivity index (χ4n) is 3.35. The van der Waals surface area contributed by atoms with Crippen molar-refractivity contribution in [1.82, 2.24) is 4.90 Å². The summed E-state index contributed by atoms with van der Waals surface area (Å²) >= 11 is 0. The topological polar surface area (TPSA) is 63.4 Å². The lowest BCUT2D eigenvalue weighted by Gasteiger charge is -2.23. The van der Waals surface area contributed by atoms with Crippen LogP contribution in [0.1, 0.15) is 45.8 Å². The summed E-state index contributed by atoms with van der Waals surface area (Å²) < 4.78 is 14.2. The molecular weight excluding hydrogens is 391 g/mol. The Morgan fingerprint density at radius 1 is 0.968 bits per heavy atom. The summed E-state index contributed by atoms with van der Waals surface area (Å²) in [5.41, 5.74) is 8.08. The van der Waals surface area contributed by atoms with Crippen molar-refractivity contribution >= 4 is 11.8 Å². The average Bonchev–Trinajstić information content (AvgIpc) is 3.61. The number of halogens is 1. The van der Waals surface area contributed by atoms with Gasteiger partial charge in [0, 0.05) is 17.7 Å². The highest BCUT2D eigenvalue weighted by Crippen LogP contribution is 2.40. The van der Waals surface area contributed by atoms with Crippen LogP contribution in [0, 0.1) is 12.7 Å². The maximum Gasteiger partial charge on any atom is 0.254 e. The second kappa shape index (κ2) is 10.5. The minimum atomic E-state index is -0.624. The summed E-state index contributed by atoms with van der Waals surface area (Å²) in [7, 11) is 0. The lowest BCUT2D eigenvalue weighted by Crippen LogP contribution is -2.38. The van der Waals surface area contributed by atoms with Crippen molar-refractivity contribution in [3.8, 4) is 0 Å². The van der Waals surface area contributed by atoms with Crippen molar-refractivity contribution < 1.29 is 14.0 Å². The third-order valence-corrected chi connectivity index (χ3v) is 5.16. The molecule has 2 N–H and O–H groups in total. The molecule has 3 aromatic carbocycles. The van der Waals surface area contributed by atoms with Gasteiger partial charge in [0.1, 0.15) is 5.82 Å². The molecule has 0 saturated heterocycles. The Morgan fingerprint density at radius 2 is 1.58 bits per heavy atom. The monoisotopic (exact) mass is 418 g/mol. The van der Waals surface area contributed by atoms with E-state index < -0.39 is 5.91 Å². The van der Waals surface area contributed by atoms with Crippen LogP contribution in [0.4, 0.5) is 4.39 Å². The minimum Gasteiger partial charge on any atom is -0.368 e. The van der Waals surface area contributed by atoms with Crippen LogP contribution in [0.25, 0.3) is 0 Å². The number of primary amides is 1. The molecule has 3 aromatic rings. The molecule has 0 spiro atoms. The summed E-state index contributed by atoms with van der Waals surface area (Å²) in [6.45, 7) is 1.59. The van der Waals surface area contributed by atoms with Crippen LogP contribution in [-0.4, -0.2) is 23.3 Å². The Hall–Kier alpha value is -3.47. The number of aryl methyl sites for hydroxylation is 1. The Bertz CT molecular complexity index is 1010. The van der Waals surface area contributed by atoms with E-state index in [4.69, 9.17) is 5.73 Å². The van der Waals surface area contributed by atoms with Crippen molar-refractivity contribution in [3.05, 3.63) is 107 Å². The van der Waals surface area contributed by atoms with Crippen molar-refractivity contribution in [2.45, 2.75) is 32.2 Å². The van der Waals surface area contributed by atoms with Gasteiger partial charge in [-0.15, -0.1) is 0 Å². The standard InChI is InChI=1S/C20H21FN2O2.C6H6/c1-13-4-2-3-5-17(13)20(25)23(12-19(22)24)11-16-10-15(14-6-7-14)8-9-18(16)21;1-2-4-6-5-3-1/h2-5,8-10,14H,6-7,11-12H2,1H3,(H2,22,24);1-6H. The predicted molar refractivity (Wildman–Crippen MR) is 120 cm³/mol. The molecule has 0 radical (unpaired) electrons. The van der Waals surface area contributed by atoms with Crippen LogP contribution in [0.15, 0.2) is 78.9 Å². The van der Waals surface area contributed by atoms with Crippen LogP contribution < -0.4 is 5.73 Å². The van der Waals surface area contributed by atoms with Crippen LogP contribution in [-0.2, 0) is 11.3 Å². The first-order valence-electron chi connectivity index (χ1n) is 10.4. The maximum absolute atomic E-state index is 14.2. The van der Waals surface area contributed by atoms with Gasteiger partial charge in [0.2, 0.25) is 5.91 Å². The highest BCUT2D eigenvalue weighted by atomic mass is 19.1. The summed E-state index contributed by atoms with van der Waals surface area (Å²) in [6, 6.07) is 24.1. The van der Waals surface area contributed by atoms with Gasteiger partial charge in [-0.2, -0.15) is 0 Å². The molecule has 1 fully saturated rings. The molecule has 4 nitrogen and oxygen atoms in total. The quantitative estimate of drug-likeness (QED) is 0.623. The number of carbonyl (C=O) groups is 2. The van der Waals surface area contributed by atoms with E-state index in [2.05, 4.69) is 0 Å². The van der Waals surface area contributed by atoms with E-state index >= 15 is 0 Å². The first-order chi connectivity index (χ1) is 15.0. The van der Waals surface area contributed by atoms with Crippen LogP contribution in [0.3, 0.4) is 0 Å². The molecule has 0 bridgehead atoms. The van der Waals surface area contributed by atoms with Gasteiger partial charge in [0.15, 0.2) is 0 Å². The largest absolute Gasteiger partial charge is 0.368 e. The fourth-order valence-corrected chi connectivity index (χ4v) is 3.35. The first kappa shape index (κ1) is 22.2. The van der Waals surface area contributed by atoms with Crippen LogP contribution in [0.5, 0.6) is 0 Å². The molecule has 1 saturated carbocycles. The molecule has 4 rings (SSSR count). The molecule has 1 aliphatic carbocycles. The highest BCUT2D eigenvalue weighted by molar-refractivity contribution is 5.97. The molecule has 0 aliphatic heterocycles. The van der Waals surface area contributed by atoms with Gasteiger partial charge in [0.05, 0.1) is 6.54 Å². The number of nitrogens with zero attached hydrogens (tertiary/aromatic N) is 1. The van der Waals surface area contributed by atoms with E-state index in [1.807, 2.05) is 55.5 Å². The number of rotatable bonds is 6. The number of hydrogen-bond donors (Lipinski definition) is 1. The van der Waals surface area contributed by atoms with Gasteiger partial charge in [0.25, 0.3) is 5.91 Å². The van der Waals surface area contributed by atoms with Gasteiger partial charge in [-0.1, -0.05) is 66.7 Å². The molecule has 0 aromatic heterocycles. The molecule has 0 atom stereocenters. The molecule has 2 amide bonds. The normalized spacial score (nSPS) is 12.5. The number of benzene rings is 3. The average molecular weight is 419 g/mol. The summed E-state index contributed by atoms with van der Waals surface area (Å²) in [4.78, 5) is 25.6. The van der Waals surface area contributed by atoms with E-state index in [0.717, 1.165) is 24.0 Å². The van der Waals surface area contributed by atoms with Gasteiger partial charge >= 0.3 is 0 Å². The van der Waals surface area contributed by atoms with Crippen molar-refractivity contribution in [1.29, 1.82) is 0 Å². The zero-order valence-corrected chi connectivity index (χ0v) is 17.6.